The Hall–Kier alpha value is -0.600. The molecule has 0 spiro atoms. The van der Waals surface area contributed by atoms with Crippen LogP contribution in [0.25, 0.3) is 5.70 Å². The molecule has 0 unspecified atom stereocenters. The topological polar surface area (TPSA) is 12.0 Å². The number of nitrogens with one attached hydrogen (secondary N) is 1. The van der Waals surface area contributed by atoms with E-state index in [0.29, 0.717) is 0 Å². The lowest BCUT2D eigenvalue weighted by molar-refractivity contribution is 1.13. The van der Waals surface area contributed by atoms with Gasteiger partial charge in [0.25, 0.3) is 0 Å². The van der Waals surface area contributed by atoms with Crippen molar-refractivity contribution in [2.75, 3.05) is 7.05 Å². The van der Waals surface area contributed by atoms with Crippen LogP contribution >= 0.6 is 24.2 Å². The van der Waals surface area contributed by atoms with Gasteiger partial charge < -0.3 is 5.32 Å². The maximum atomic E-state index is 5.96. The van der Waals surface area contributed by atoms with Crippen LogP contribution in [-0.2, 0) is 0 Å². The predicted molar refractivity (Wildman–Crippen MR) is 57.5 cm³/mol. The van der Waals surface area contributed by atoms with Gasteiger partial charge in [-0.3, -0.25) is 0 Å². The molecule has 64 valence electrons. The molecule has 0 aromatic heterocycles. The summed E-state index contributed by atoms with van der Waals surface area (Å²) >= 11 is 10.0. The zero-order chi connectivity index (χ0) is 8.97. The fourth-order valence-electron chi connectivity index (χ4n) is 0.948. The van der Waals surface area contributed by atoms with Gasteiger partial charge in [0.1, 0.15) is 0 Å². The zero-order valence-electron chi connectivity index (χ0n) is 6.71. The summed E-state index contributed by atoms with van der Waals surface area (Å²) in [5.41, 5.74) is 1.89. The molecule has 0 radical (unpaired) electrons. The molecule has 1 aromatic carbocycles. The molecule has 3 heteroatoms. The van der Waals surface area contributed by atoms with E-state index in [1.165, 1.54) is 0 Å². The molecule has 1 nitrogen and oxygen atoms in total. The van der Waals surface area contributed by atoms with Crippen molar-refractivity contribution < 1.29 is 0 Å². The third kappa shape index (κ3) is 1.96. The molecule has 1 aromatic rings. The monoisotopic (exact) mass is 199 g/mol. The quantitative estimate of drug-likeness (QED) is 0.699. The summed E-state index contributed by atoms with van der Waals surface area (Å²) in [6, 6.07) is 7.64. The van der Waals surface area contributed by atoms with Crippen LogP contribution in [0.3, 0.4) is 0 Å². The number of hydrogen-bond acceptors (Lipinski definition) is 2. The van der Waals surface area contributed by atoms with Gasteiger partial charge in [-0.1, -0.05) is 29.8 Å². The Balaban J connectivity index is 3.10. The van der Waals surface area contributed by atoms with E-state index in [1.807, 2.05) is 31.3 Å². The van der Waals surface area contributed by atoms with Crippen molar-refractivity contribution in [3.8, 4) is 0 Å². The fourth-order valence-corrected chi connectivity index (χ4v) is 1.45. The summed E-state index contributed by atoms with van der Waals surface area (Å²) < 4.78 is 0. The summed E-state index contributed by atoms with van der Waals surface area (Å²) in [6.07, 6.45) is 0. The minimum atomic E-state index is 0.729. The third-order valence-electron chi connectivity index (χ3n) is 1.56. The second kappa shape index (κ2) is 4.43. The van der Waals surface area contributed by atoms with Crippen molar-refractivity contribution in [1.82, 2.24) is 5.32 Å². The second-order valence-corrected chi connectivity index (χ2v) is 2.94. The summed E-state index contributed by atoms with van der Waals surface area (Å²) in [7, 11) is 1.84. The summed E-state index contributed by atoms with van der Waals surface area (Å²) in [6.45, 7) is 0. The Morgan fingerprint density at radius 1 is 1.50 bits per heavy atom. The smallest absolute Gasteiger partial charge is 0.0499 e. The highest BCUT2D eigenvalue weighted by Crippen LogP contribution is 2.21. The highest BCUT2D eigenvalue weighted by molar-refractivity contribution is 7.83. The van der Waals surface area contributed by atoms with Crippen molar-refractivity contribution in [3.63, 3.8) is 0 Å². The van der Waals surface area contributed by atoms with Gasteiger partial charge in [-0.05, 0) is 11.5 Å². The van der Waals surface area contributed by atoms with E-state index in [9.17, 15) is 0 Å². The Bertz CT molecular complexity index is 296. The molecule has 1 N–H and O–H groups in total. The molecule has 0 saturated carbocycles. The van der Waals surface area contributed by atoms with E-state index in [-0.39, 0.29) is 0 Å². The summed E-state index contributed by atoms with van der Waals surface area (Å²) in [5.74, 6) is 0. The van der Waals surface area contributed by atoms with Crippen LogP contribution in [0.15, 0.2) is 29.7 Å². The molecule has 0 fully saturated rings. The lowest BCUT2D eigenvalue weighted by Crippen LogP contribution is -2.03. The first-order valence-electron chi connectivity index (χ1n) is 3.56. The Morgan fingerprint density at radius 2 is 2.17 bits per heavy atom. The molecule has 0 aliphatic rings. The van der Waals surface area contributed by atoms with E-state index in [4.69, 9.17) is 11.6 Å². The molecule has 0 amide bonds. The maximum absolute atomic E-state index is 5.96. The molecule has 0 heterocycles. The molecule has 0 aliphatic heterocycles. The minimum Gasteiger partial charge on any atom is -0.387 e. The van der Waals surface area contributed by atoms with Crippen molar-refractivity contribution in [2.45, 2.75) is 0 Å². The Kier molecular flexibility index (Phi) is 3.50. The van der Waals surface area contributed by atoms with Gasteiger partial charge in [0.05, 0.1) is 0 Å². The standard InChI is InChI=1S/C9H10ClNS/c1-11-9(6-12)7-4-2-3-5-8(7)10/h2-6,11-12H,1H3/b9-6-. The van der Waals surface area contributed by atoms with E-state index >= 15 is 0 Å². The summed E-state index contributed by atoms with van der Waals surface area (Å²) in [5, 5.41) is 5.43. The molecule has 0 atom stereocenters. The second-order valence-electron chi connectivity index (χ2n) is 2.27. The van der Waals surface area contributed by atoms with Gasteiger partial charge in [0.2, 0.25) is 0 Å². The van der Waals surface area contributed by atoms with Crippen molar-refractivity contribution in [2.24, 2.45) is 0 Å². The molecule has 0 bridgehead atoms. The lowest BCUT2D eigenvalue weighted by Gasteiger charge is -2.06. The number of hydrogen-bond donors (Lipinski definition) is 2. The summed E-state index contributed by atoms with van der Waals surface area (Å²) in [4.78, 5) is 0. The van der Waals surface area contributed by atoms with Gasteiger partial charge in [-0.15, -0.1) is 12.6 Å². The van der Waals surface area contributed by atoms with E-state index < -0.39 is 0 Å². The molecule has 12 heavy (non-hydrogen) atoms. The van der Waals surface area contributed by atoms with Crippen LogP contribution < -0.4 is 5.32 Å². The molecular formula is C9H10ClNS. The van der Waals surface area contributed by atoms with Crippen molar-refractivity contribution in [3.05, 3.63) is 40.3 Å². The van der Waals surface area contributed by atoms with Gasteiger partial charge in [0, 0.05) is 23.3 Å². The number of rotatable bonds is 2. The number of halogens is 1. The minimum absolute atomic E-state index is 0.729. The predicted octanol–water partition coefficient (Wildman–Crippen LogP) is 2.79. The molecule has 0 saturated heterocycles. The van der Waals surface area contributed by atoms with Gasteiger partial charge in [0.15, 0.2) is 0 Å². The first-order valence-corrected chi connectivity index (χ1v) is 4.46. The van der Waals surface area contributed by atoms with Crippen LogP contribution in [0.4, 0.5) is 0 Å². The van der Waals surface area contributed by atoms with Crippen LogP contribution in [0.2, 0.25) is 5.02 Å². The SMILES string of the molecule is CN/C(=C\S)c1ccccc1Cl. The number of benzene rings is 1. The van der Waals surface area contributed by atoms with Crippen molar-refractivity contribution in [1.29, 1.82) is 0 Å². The first kappa shape index (κ1) is 9.49. The normalized spacial score (nSPS) is 11.4. The third-order valence-corrected chi connectivity index (χ3v) is 2.15. The number of thiol groups is 1. The molecular weight excluding hydrogens is 190 g/mol. The largest absolute Gasteiger partial charge is 0.387 e. The van der Waals surface area contributed by atoms with Crippen LogP contribution in [0.5, 0.6) is 0 Å². The highest BCUT2D eigenvalue weighted by Gasteiger charge is 2.01. The zero-order valence-corrected chi connectivity index (χ0v) is 8.36. The fraction of sp³-hybridized carbons (Fsp3) is 0.111. The average Bonchev–Trinajstić information content (AvgIpc) is 2.10. The van der Waals surface area contributed by atoms with Crippen LogP contribution in [0.1, 0.15) is 5.56 Å². The van der Waals surface area contributed by atoms with Gasteiger partial charge in [-0.2, -0.15) is 0 Å². The first-order chi connectivity index (χ1) is 5.79. The van der Waals surface area contributed by atoms with Crippen molar-refractivity contribution >= 4 is 29.9 Å². The lowest BCUT2D eigenvalue weighted by atomic mass is 10.2. The maximum Gasteiger partial charge on any atom is 0.0499 e. The van der Waals surface area contributed by atoms with Crippen LogP contribution in [0, 0.1) is 0 Å². The molecule has 1 rings (SSSR count). The van der Waals surface area contributed by atoms with E-state index in [0.717, 1.165) is 16.3 Å². The van der Waals surface area contributed by atoms with E-state index in [2.05, 4.69) is 17.9 Å². The van der Waals surface area contributed by atoms with E-state index in [1.54, 1.807) is 5.41 Å². The van der Waals surface area contributed by atoms with Gasteiger partial charge >= 0.3 is 0 Å². The van der Waals surface area contributed by atoms with Gasteiger partial charge in [-0.25, -0.2) is 0 Å². The average molecular weight is 200 g/mol. The Morgan fingerprint density at radius 3 is 2.67 bits per heavy atom. The molecule has 0 aliphatic carbocycles. The Labute approximate surface area is 82.8 Å². The highest BCUT2D eigenvalue weighted by atomic mass is 35.5. The van der Waals surface area contributed by atoms with Crippen LogP contribution in [-0.4, -0.2) is 7.05 Å².